The molecular weight excluding hydrogens is 357 g/mol. The molecule has 0 spiro atoms. The first-order valence-corrected chi connectivity index (χ1v) is 9.17. The molecule has 7 heteroatoms. The summed E-state index contributed by atoms with van der Waals surface area (Å²) in [6, 6.07) is 12.1. The molecule has 0 aliphatic heterocycles. The van der Waals surface area contributed by atoms with Crippen LogP contribution in [0.15, 0.2) is 48.7 Å². The van der Waals surface area contributed by atoms with Crippen molar-refractivity contribution in [3.05, 3.63) is 60.0 Å². The van der Waals surface area contributed by atoms with Gasteiger partial charge in [-0.15, -0.1) is 0 Å². The summed E-state index contributed by atoms with van der Waals surface area (Å²) < 4.78 is 13.9. The van der Waals surface area contributed by atoms with E-state index in [9.17, 15) is 9.50 Å². The summed E-state index contributed by atoms with van der Waals surface area (Å²) in [7, 11) is 0. The SMILES string of the molecule is Cc1ccc(Nc2cc(-c3ccccn3)nc(N[C@H](CO)C(C)C)n2)cc1F. The van der Waals surface area contributed by atoms with E-state index in [1.807, 2.05) is 32.0 Å². The second kappa shape index (κ2) is 8.75. The minimum absolute atomic E-state index is 0.0409. The van der Waals surface area contributed by atoms with Crippen LogP contribution in [0.3, 0.4) is 0 Å². The van der Waals surface area contributed by atoms with Gasteiger partial charge in [-0.1, -0.05) is 26.0 Å². The van der Waals surface area contributed by atoms with Crippen LogP contribution in [0, 0.1) is 18.7 Å². The molecule has 3 aromatic rings. The summed E-state index contributed by atoms with van der Waals surface area (Å²) in [6.45, 7) is 5.68. The van der Waals surface area contributed by atoms with Crippen molar-refractivity contribution in [1.82, 2.24) is 15.0 Å². The van der Waals surface area contributed by atoms with Gasteiger partial charge in [0.15, 0.2) is 0 Å². The number of anilines is 3. The van der Waals surface area contributed by atoms with E-state index in [2.05, 4.69) is 25.6 Å². The lowest BCUT2D eigenvalue weighted by Crippen LogP contribution is -2.30. The van der Waals surface area contributed by atoms with E-state index in [0.717, 1.165) is 0 Å². The number of rotatable bonds is 7. The Hall–Kier alpha value is -3.06. The highest BCUT2D eigenvalue weighted by molar-refractivity contribution is 5.65. The number of hydrogen-bond acceptors (Lipinski definition) is 6. The van der Waals surface area contributed by atoms with Crippen molar-refractivity contribution < 1.29 is 9.50 Å². The maximum atomic E-state index is 13.9. The van der Waals surface area contributed by atoms with E-state index in [1.54, 1.807) is 31.3 Å². The molecule has 6 nitrogen and oxygen atoms in total. The Kier molecular flexibility index (Phi) is 6.16. The molecule has 0 bridgehead atoms. The Morgan fingerprint density at radius 3 is 2.54 bits per heavy atom. The number of aliphatic hydroxyl groups excluding tert-OH is 1. The Morgan fingerprint density at radius 1 is 1.07 bits per heavy atom. The van der Waals surface area contributed by atoms with Crippen LogP contribution in [0.1, 0.15) is 19.4 Å². The molecule has 0 saturated heterocycles. The second-order valence-electron chi connectivity index (χ2n) is 6.94. The van der Waals surface area contributed by atoms with E-state index in [0.29, 0.717) is 34.4 Å². The maximum absolute atomic E-state index is 13.9. The summed E-state index contributed by atoms with van der Waals surface area (Å²) >= 11 is 0. The van der Waals surface area contributed by atoms with Gasteiger partial charge < -0.3 is 15.7 Å². The molecule has 2 heterocycles. The summed E-state index contributed by atoms with van der Waals surface area (Å²) in [5.74, 6) is 0.769. The van der Waals surface area contributed by atoms with Gasteiger partial charge in [-0.3, -0.25) is 4.98 Å². The van der Waals surface area contributed by atoms with Gasteiger partial charge in [-0.25, -0.2) is 9.37 Å². The molecule has 146 valence electrons. The predicted octanol–water partition coefficient (Wildman–Crippen LogP) is 4.16. The third-order valence-corrected chi connectivity index (χ3v) is 4.41. The van der Waals surface area contributed by atoms with Gasteiger partial charge in [0, 0.05) is 18.0 Å². The van der Waals surface area contributed by atoms with Gasteiger partial charge in [0.1, 0.15) is 11.6 Å². The molecular formula is C21H24FN5O. The monoisotopic (exact) mass is 381 g/mol. The third-order valence-electron chi connectivity index (χ3n) is 4.41. The number of halogens is 1. The summed E-state index contributed by atoms with van der Waals surface area (Å²) in [6.07, 6.45) is 1.69. The van der Waals surface area contributed by atoms with Crippen molar-refractivity contribution in [1.29, 1.82) is 0 Å². The van der Waals surface area contributed by atoms with Crippen LogP contribution in [0.5, 0.6) is 0 Å². The number of aliphatic hydroxyl groups is 1. The largest absolute Gasteiger partial charge is 0.394 e. The van der Waals surface area contributed by atoms with Crippen molar-refractivity contribution in [3.63, 3.8) is 0 Å². The number of pyridine rings is 1. The van der Waals surface area contributed by atoms with Crippen LogP contribution >= 0.6 is 0 Å². The first-order chi connectivity index (χ1) is 13.5. The number of benzene rings is 1. The van der Waals surface area contributed by atoms with E-state index < -0.39 is 0 Å². The van der Waals surface area contributed by atoms with Crippen molar-refractivity contribution in [2.45, 2.75) is 26.8 Å². The molecule has 0 unspecified atom stereocenters. The van der Waals surface area contributed by atoms with Crippen LogP contribution in [0.25, 0.3) is 11.4 Å². The molecule has 0 amide bonds. The smallest absolute Gasteiger partial charge is 0.225 e. The fourth-order valence-electron chi connectivity index (χ4n) is 2.63. The average Bonchev–Trinajstić information content (AvgIpc) is 2.69. The summed E-state index contributed by atoms with van der Waals surface area (Å²) in [5.41, 5.74) is 2.47. The van der Waals surface area contributed by atoms with Crippen molar-refractivity contribution in [3.8, 4) is 11.4 Å². The molecule has 1 atom stereocenters. The minimum Gasteiger partial charge on any atom is -0.394 e. The van der Waals surface area contributed by atoms with Crippen molar-refractivity contribution >= 4 is 17.5 Å². The maximum Gasteiger partial charge on any atom is 0.225 e. The number of nitrogens with one attached hydrogen (secondary N) is 2. The molecule has 3 rings (SSSR count). The molecule has 2 aromatic heterocycles. The topological polar surface area (TPSA) is 83.0 Å². The highest BCUT2D eigenvalue weighted by Gasteiger charge is 2.15. The molecule has 0 saturated carbocycles. The van der Waals surface area contributed by atoms with Crippen LogP contribution < -0.4 is 10.6 Å². The predicted molar refractivity (Wildman–Crippen MR) is 109 cm³/mol. The van der Waals surface area contributed by atoms with Gasteiger partial charge in [-0.2, -0.15) is 4.98 Å². The fraction of sp³-hybridized carbons (Fsp3) is 0.286. The first-order valence-electron chi connectivity index (χ1n) is 9.17. The number of aryl methyl sites for hydroxylation is 1. The molecule has 3 N–H and O–H groups in total. The molecule has 0 radical (unpaired) electrons. The fourth-order valence-corrected chi connectivity index (χ4v) is 2.63. The molecule has 0 fully saturated rings. The van der Waals surface area contributed by atoms with Crippen molar-refractivity contribution in [2.75, 3.05) is 17.2 Å². The van der Waals surface area contributed by atoms with Crippen LogP contribution in [0.2, 0.25) is 0 Å². The van der Waals surface area contributed by atoms with Crippen LogP contribution in [-0.2, 0) is 0 Å². The lowest BCUT2D eigenvalue weighted by Gasteiger charge is -2.20. The van der Waals surface area contributed by atoms with Crippen LogP contribution in [-0.4, -0.2) is 32.7 Å². The average molecular weight is 381 g/mol. The van der Waals surface area contributed by atoms with E-state index in [4.69, 9.17) is 0 Å². The zero-order valence-corrected chi connectivity index (χ0v) is 16.1. The number of aromatic nitrogens is 3. The zero-order valence-electron chi connectivity index (χ0n) is 16.1. The van der Waals surface area contributed by atoms with E-state index in [1.165, 1.54) is 6.07 Å². The van der Waals surface area contributed by atoms with Crippen molar-refractivity contribution in [2.24, 2.45) is 5.92 Å². The number of hydrogen-bond donors (Lipinski definition) is 3. The third kappa shape index (κ3) is 4.80. The Labute approximate surface area is 163 Å². The second-order valence-corrected chi connectivity index (χ2v) is 6.94. The highest BCUT2D eigenvalue weighted by Crippen LogP contribution is 2.24. The van der Waals surface area contributed by atoms with Gasteiger partial charge >= 0.3 is 0 Å². The molecule has 0 aliphatic carbocycles. The zero-order chi connectivity index (χ0) is 20.1. The first kappa shape index (κ1) is 19.7. The Balaban J connectivity index is 1.97. The summed E-state index contributed by atoms with van der Waals surface area (Å²) in [4.78, 5) is 13.4. The molecule has 28 heavy (non-hydrogen) atoms. The highest BCUT2D eigenvalue weighted by atomic mass is 19.1. The lowest BCUT2D eigenvalue weighted by molar-refractivity contribution is 0.248. The normalized spacial score (nSPS) is 12.1. The Morgan fingerprint density at radius 2 is 1.89 bits per heavy atom. The van der Waals surface area contributed by atoms with Gasteiger partial charge in [0.05, 0.1) is 24.0 Å². The minimum atomic E-state index is -0.289. The van der Waals surface area contributed by atoms with Crippen LogP contribution in [0.4, 0.5) is 21.8 Å². The number of nitrogens with zero attached hydrogens (tertiary/aromatic N) is 3. The molecule has 0 aliphatic rings. The van der Waals surface area contributed by atoms with Gasteiger partial charge in [0.25, 0.3) is 0 Å². The summed E-state index contributed by atoms with van der Waals surface area (Å²) in [5, 5.41) is 15.9. The van der Waals surface area contributed by atoms with E-state index >= 15 is 0 Å². The Bertz CT molecular complexity index is 933. The molecule has 1 aromatic carbocycles. The standard InChI is InChI=1S/C21H24FN5O/c1-13(2)19(12-28)26-21-25-18(17-6-4-5-9-23-17)11-20(27-21)24-15-8-7-14(3)16(22)10-15/h4-11,13,19,28H,12H2,1-3H3,(H2,24,25,26,27)/t19-/m1/s1. The van der Waals surface area contributed by atoms with Gasteiger partial charge in [0.2, 0.25) is 5.95 Å². The quantitative estimate of drug-likeness (QED) is 0.570. The van der Waals surface area contributed by atoms with E-state index in [-0.39, 0.29) is 24.4 Å². The van der Waals surface area contributed by atoms with Gasteiger partial charge in [-0.05, 0) is 42.7 Å². The lowest BCUT2D eigenvalue weighted by atomic mass is 10.1.